The number of hydrogen-bond acceptors (Lipinski definition) is 6. The van der Waals surface area contributed by atoms with E-state index in [-0.39, 0.29) is 5.91 Å². The molecular formula is C27H33N5O6. The number of morpholine rings is 1. The number of benzene rings is 1. The number of hydrogen-bond donors (Lipinski definition) is 5. The Bertz CT molecular complexity index is 1320. The van der Waals surface area contributed by atoms with Crippen LogP contribution in [-0.4, -0.2) is 87.5 Å². The maximum Gasteiger partial charge on any atom is 0.328 e. The maximum atomic E-state index is 13.1. The van der Waals surface area contributed by atoms with Crippen LogP contribution in [0, 0.1) is 6.92 Å². The van der Waals surface area contributed by atoms with Gasteiger partial charge >= 0.3 is 11.9 Å². The van der Waals surface area contributed by atoms with Crippen molar-refractivity contribution >= 4 is 28.7 Å². The Morgan fingerprint density at radius 3 is 2.55 bits per heavy atom. The van der Waals surface area contributed by atoms with Gasteiger partial charge in [-0.1, -0.05) is 6.07 Å². The molecule has 1 aromatic carbocycles. The highest BCUT2D eigenvalue weighted by Crippen LogP contribution is 2.37. The highest BCUT2D eigenvalue weighted by molar-refractivity contribution is 6.10. The van der Waals surface area contributed by atoms with E-state index >= 15 is 0 Å². The minimum absolute atomic E-state index is 0.0119. The zero-order valence-corrected chi connectivity index (χ0v) is 21.4. The number of carbonyl (C=O) groups is 3. The lowest BCUT2D eigenvalue weighted by molar-refractivity contribution is -0.134. The summed E-state index contributed by atoms with van der Waals surface area (Å²) in [5.41, 5.74) is 7.61. The molecule has 202 valence electrons. The van der Waals surface area contributed by atoms with Crippen molar-refractivity contribution in [2.45, 2.75) is 32.6 Å². The second-order valence-electron chi connectivity index (χ2n) is 9.36. The molecule has 2 aliphatic rings. The number of H-pyrrole nitrogens is 2. The fourth-order valence-electron chi connectivity index (χ4n) is 4.90. The van der Waals surface area contributed by atoms with Crippen LogP contribution < -0.4 is 5.32 Å². The van der Waals surface area contributed by atoms with Gasteiger partial charge in [-0.15, -0.1) is 0 Å². The van der Waals surface area contributed by atoms with Crippen LogP contribution in [0.3, 0.4) is 0 Å². The molecule has 0 bridgehead atoms. The van der Waals surface area contributed by atoms with Crippen LogP contribution in [0.2, 0.25) is 0 Å². The van der Waals surface area contributed by atoms with Crippen LogP contribution in [-0.2, 0) is 27.2 Å². The third-order valence-electron chi connectivity index (χ3n) is 6.76. The van der Waals surface area contributed by atoms with Gasteiger partial charge in [0.25, 0.3) is 5.91 Å². The minimum Gasteiger partial charge on any atom is -0.478 e. The number of fused-ring (bicyclic) bond motifs is 5. The Morgan fingerprint density at radius 2 is 1.84 bits per heavy atom. The number of aromatic nitrogens is 3. The number of nitrogens with zero attached hydrogens (tertiary/aromatic N) is 2. The molecule has 11 nitrogen and oxygen atoms in total. The number of nitrogens with one attached hydrogen (secondary N) is 3. The van der Waals surface area contributed by atoms with E-state index < -0.39 is 11.9 Å². The first-order chi connectivity index (χ1) is 18.3. The standard InChI is InChI=1S/C23H29N5O2.C4H4O4/c1-15-6-7-18(23(29)24-8-3-9-28-10-12-30-13-11-28)19-17-5-2-4-16-14-25-27-21(16)22(17)26-20(15)19;5-3(6)1-2-4(7)8/h6-7,14,26H,2-5,8-13H2,1H3,(H,24,29)(H,25,27);1-2H,(H,5,6)(H,7,8). The first-order valence-electron chi connectivity index (χ1n) is 12.7. The summed E-state index contributed by atoms with van der Waals surface area (Å²) in [5, 5.41) is 27.2. The summed E-state index contributed by atoms with van der Waals surface area (Å²) in [6, 6.07) is 4.01. The molecule has 1 aliphatic heterocycles. The molecule has 1 amide bonds. The number of aryl methyl sites for hydroxylation is 3. The highest BCUT2D eigenvalue weighted by atomic mass is 16.5. The fourth-order valence-corrected chi connectivity index (χ4v) is 4.90. The summed E-state index contributed by atoms with van der Waals surface area (Å²) >= 11 is 0. The van der Waals surface area contributed by atoms with Gasteiger partial charge in [0, 0.05) is 48.3 Å². The summed E-state index contributed by atoms with van der Waals surface area (Å²) in [6.07, 6.45) is 7.00. The Morgan fingerprint density at radius 1 is 1.11 bits per heavy atom. The quantitative estimate of drug-likeness (QED) is 0.233. The van der Waals surface area contributed by atoms with Gasteiger partial charge < -0.3 is 25.3 Å². The Balaban J connectivity index is 0.000000368. The summed E-state index contributed by atoms with van der Waals surface area (Å²) in [4.78, 5) is 38.2. The molecule has 0 atom stereocenters. The highest BCUT2D eigenvalue weighted by Gasteiger charge is 2.24. The number of carboxylic acids is 2. The number of carbonyl (C=O) groups excluding carboxylic acids is 1. The molecule has 38 heavy (non-hydrogen) atoms. The molecule has 2 aromatic heterocycles. The number of aliphatic carboxylic acids is 2. The monoisotopic (exact) mass is 523 g/mol. The molecule has 5 rings (SSSR count). The predicted octanol–water partition coefficient (Wildman–Crippen LogP) is 2.52. The van der Waals surface area contributed by atoms with Crippen molar-refractivity contribution in [2.75, 3.05) is 39.4 Å². The summed E-state index contributed by atoms with van der Waals surface area (Å²) in [5.74, 6) is -2.50. The zero-order valence-electron chi connectivity index (χ0n) is 21.4. The Hall–Kier alpha value is -3.96. The van der Waals surface area contributed by atoms with E-state index in [0.29, 0.717) is 18.7 Å². The van der Waals surface area contributed by atoms with E-state index in [2.05, 4.69) is 32.3 Å². The van der Waals surface area contributed by atoms with Crippen LogP contribution in [0.25, 0.3) is 22.3 Å². The van der Waals surface area contributed by atoms with E-state index in [4.69, 9.17) is 14.9 Å². The van der Waals surface area contributed by atoms with Gasteiger partial charge in [-0.05, 0) is 61.9 Å². The van der Waals surface area contributed by atoms with Crippen molar-refractivity contribution in [1.82, 2.24) is 25.4 Å². The third kappa shape index (κ3) is 6.48. The first-order valence-corrected chi connectivity index (χ1v) is 12.7. The number of amides is 1. The molecule has 1 saturated heterocycles. The fraction of sp³-hybridized carbons (Fsp3) is 0.407. The molecule has 5 N–H and O–H groups in total. The van der Waals surface area contributed by atoms with Gasteiger partial charge in [0.15, 0.2) is 0 Å². The average Bonchev–Trinajstić information content (AvgIpc) is 3.48. The van der Waals surface area contributed by atoms with Crippen LogP contribution in [0.1, 0.15) is 39.9 Å². The van der Waals surface area contributed by atoms with Crippen molar-refractivity contribution in [1.29, 1.82) is 0 Å². The normalized spacial score (nSPS) is 15.3. The predicted molar refractivity (Wildman–Crippen MR) is 141 cm³/mol. The van der Waals surface area contributed by atoms with Gasteiger partial charge in [0.1, 0.15) is 0 Å². The molecular weight excluding hydrogens is 490 g/mol. The zero-order chi connectivity index (χ0) is 27.1. The molecule has 0 spiro atoms. The Kier molecular flexibility index (Phi) is 8.93. The van der Waals surface area contributed by atoms with Crippen LogP contribution in [0.5, 0.6) is 0 Å². The lowest BCUT2D eigenvalue weighted by Gasteiger charge is -2.26. The van der Waals surface area contributed by atoms with Gasteiger partial charge in [0.05, 0.1) is 30.8 Å². The second-order valence-corrected chi connectivity index (χ2v) is 9.36. The van der Waals surface area contributed by atoms with E-state index in [1.807, 2.05) is 18.3 Å². The molecule has 11 heteroatoms. The van der Waals surface area contributed by atoms with Crippen molar-refractivity contribution in [3.63, 3.8) is 0 Å². The topological polar surface area (TPSA) is 161 Å². The van der Waals surface area contributed by atoms with Gasteiger partial charge in [-0.25, -0.2) is 9.59 Å². The molecule has 0 unspecified atom stereocenters. The van der Waals surface area contributed by atoms with Crippen molar-refractivity contribution in [3.8, 4) is 11.4 Å². The van der Waals surface area contributed by atoms with Crippen molar-refractivity contribution in [3.05, 3.63) is 52.7 Å². The smallest absolute Gasteiger partial charge is 0.328 e. The number of rotatable bonds is 7. The first kappa shape index (κ1) is 27.1. The van der Waals surface area contributed by atoms with Crippen LogP contribution in [0.15, 0.2) is 30.5 Å². The molecule has 3 aromatic rings. The second kappa shape index (κ2) is 12.5. The average molecular weight is 524 g/mol. The summed E-state index contributed by atoms with van der Waals surface area (Å²) in [6.45, 7) is 7.36. The number of ether oxygens (including phenoxy) is 1. The summed E-state index contributed by atoms with van der Waals surface area (Å²) < 4.78 is 5.40. The molecule has 0 saturated carbocycles. The SMILES string of the molecule is Cc1ccc(C(=O)NCCCN2CCOCC2)c2c3c([nH]c12)-c1[nH]ncc1CCC3.O=C(O)C=CC(=O)O. The van der Waals surface area contributed by atoms with E-state index in [1.54, 1.807) is 0 Å². The van der Waals surface area contributed by atoms with Gasteiger partial charge in [-0.3, -0.25) is 14.8 Å². The van der Waals surface area contributed by atoms with Crippen molar-refractivity contribution in [2.24, 2.45) is 0 Å². The lowest BCUT2D eigenvalue weighted by atomic mass is 9.99. The number of aromatic amines is 2. The van der Waals surface area contributed by atoms with Crippen molar-refractivity contribution < 1.29 is 29.3 Å². The molecule has 1 fully saturated rings. The molecule has 1 aliphatic carbocycles. The van der Waals surface area contributed by atoms with Crippen LogP contribution >= 0.6 is 0 Å². The van der Waals surface area contributed by atoms with E-state index in [0.717, 1.165) is 91.9 Å². The third-order valence-corrected chi connectivity index (χ3v) is 6.76. The Labute approximate surface area is 219 Å². The maximum absolute atomic E-state index is 13.1. The van der Waals surface area contributed by atoms with E-state index in [9.17, 15) is 14.4 Å². The summed E-state index contributed by atoms with van der Waals surface area (Å²) in [7, 11) is 0. The minimum atomic E-state index is -1.26. The van der Waals surface area contributed by atoms with Gasteiger partial charge in [0.2, 0.25) is 0 Å². The molecule has 3 heterocycles. The largest absolute Gasteiger partial charge is 0.478 e. The molecule has 0 radical (unpaired) electrons. The lowest BCUT2D eigenvalue weighted by Crippen LogP contribution is -2.38. The van der Waals surface area contributed by atoms with E-state index in [1.165, 1.54) is 11.1 Å². The van der Waals surface area contributed by atoms with Crippen LogP contribution in [0.4, 0.5) is 0 Å². The number of carboxylic acid groups (broad SMARTS) is 2. The van der Waals surface area contributed by atoms with Gasteiger partial charge in [-0.2, -0.15) is 5.10 Å².